The second-order valence-electron chi connectivity index (χ2n) is 7.23. The first-order valence-corrected chi connectivity index (χ1v) is 9.28. The largest absolute Gasteiger partial charge is 0.459 e. The molecule has 8 nitrogen and oxygen atoms in total. The number of pyridine rings is 1. The Balaban J connectivity index is 1.90. The summed E-state index contributed by atoms with van der Waals surface area (Å²) < 4.78 is 6.15. The molecule has 1 aromatic rings. The van der Waals surface area contributed by atoms with Crippen molar-refractivity contribution in [1.82, 2.24) is 15.2 Å². The maximum Gasteiger partial charge on any atom is 0.338 e. The van der Waals surface area contributed by atoms with Crippen molar-refractivity contribution in [3.63, 3.8) is 0 Å². The predicted molar refractivity (Wildman–Crippen MR) is 99.3 cm³/mol. The molecule has 1 saturated carbocycles. The molecule has 0 saturated heterocycles. The first-order chi connectivity index (χ1) is 12.8. The van der Waals surface area contributed by atoms with E-state index in [0.717, 1.165) is 36.3 Å². The zero-order valence-electron chi connectivity index (χ0n) is 16.0. The summed E-state index contributed by atoms with van der Waals surface area (Å²) in [6, 6.07) is 2.02. The van der Waals surface area contributed by atoms with Crippen molar-refractivity contribution < 1.29 is 19.1 Å². The van der Waals surface area contributed by atoms with Crippen LogP contribution < -0.4 is 16.2 Å². The van der Waals surface area contributed by atoms with Crippen molar-refractivity contribution in [2.45, 2.75) is 65.1 Å². The molecule has 0 aromatic carbocycles. The molecule has 3 amide bonds. The number of aromatic nitrogens is 1. The van der Waals surface area contributed by atoms with Crippen LogP contribution in [-0.4, -0.2) is 34.6 Å². The van der Waals surface area contributed by atoms with Crippen molar-refractivity contribution >= 4 is 17.9 Å². The molecule has 1 aromatic heterocycles. The van der Waals surface area contributed by atoms with Gasteiger partial charge in [0, 0.05) is 18.3 Å². The fourth-order valence-electron chi connectivity index (χ4n) is 3.10. The Bertz CT molecular complexity index is 756. The lowest BCUT2D eigenvalue weighted by Crippen LogP contribution is -2.48. The zero-order valence-corrected chi connectivity index (χ0v) is 16.0. The monoisotopic (exact) mass is 377 g/mol. The lowest BCUT2D eigenvalue weighted by Gasteiger charge is -2.29. The summed E-state index contributed by atoms with van der Waals surface area (Å²) in [6.07, 6.45) is 5.21. The van der Waals surface area contributed by atoms with E-state index in [2.05, 4.69) is 17.6 Å². The molecule has 1 fully saturated rings. The Morgan fingerprint density at radius 1 is 1.26 bits per heavy atom. The summed E-state index contributed by atoms with van der Waals surface area (Å²) in [5, 5.41) is 5.07. The van der Waals surface area contributed by atoms with Gasteiger partial charge in [-0.15, -0.1) is 0 Å². The predicted octanol–water partition coefficient (Wildman–Crippen LogP) is 1.82. The van der Waals surface area contributed by atoms with Crippen LogP contribution in [0, 0.1) is 5.92 Å². The number of imide groups is 1. The van der Waals surface area contributed by atoms with Crippen LogP contribution in [0.3, 0.4) is 0 Å². The quantitative estimate of drug-likeness (QED) is 0.761. The van der Waals surface area contributed by atoms with Crippen LogP contribution in [-0.2, 0) is 16.1 Å². The minimum atomic E-state index is -0.601. The van der Waals surface area contributed by atoms with E-state index in [0.29, 0.717) is 5.92 Å². The van der Waals surface area contributed by atoms with E-state index in [9.17, 15) is 19.2 Å². The summed E-state index contributed by atoms with van der Waals surface area (Å²) in [4.78, 5) is 47.9. The van der Waals surface area contributed by atoms with E-state index in [4.69, 9.17) is 4.74 Å². The van der Waals surface area contributed by atoms with Crippen LogP contribution in [0.25, 0.3) is 0 Å². The first-order valence-electron chi connectivity index (χ1n) is 9.28. The third kappa shape index (κ3) is 6.23. The second-order valence-corrected chi connectivity index (χ2v) is 7.23. The average molecular weight is 377 g/mol. The molecule has 2 rings (SSSR count). The van der Waals surface area contributed by atoms with Crippen LogP contribution in [0.15, 0.2) is 23.1 Å². The Morgan fingerprint density at radius 3 is 2.59 bits per heavy atom. The van der Waals surface area contributed by atoms with E-state index in [1.165, 1.54) is 12.3 Å². The minimum Gasteiger partial charge on any atom is -0.459 e. The van der Waals surface area contributed by atoms with Gasteiger partial charge in [0.15, 0.2) is 0 Å². The van der Waals surface area contributed by atoms with Crippen LogP contribution in [0.4, 0.5) is 4.79 Å². The smallest absolute Gasteiger partial charge is 0.338 e. The standard InChI is InChI=1S/C19H27N3O5/c1-12(2)27-18(25)14-8-9-22(17(24)10-14)11-16(23)21-19(26)20-15-7-5-4-6-13(15)3/h8-10,12-13,15H,4-7,11H2,1-3H3,(H2,20,21,23,26)/t13-,15+/m1/s1. The lowest BCUT2D eigenvalue weighted by atomic mass is 9.86. The van der Waals surface area contributed by atoms with E-state index >= 15 is 0 Å². The number of hydrogen-bond donors (Lipinski definition) is 2. The van der Waals surface area contributed by atoms with E-state index in [1.54, 1.807) is 13.8 Å². The Morgan fingerprint density at radius 2 is 1.96 bits per heavy atom. The van der Waals surface area contributed by atoms with Gasteiger partial charge in [0.1, 0.15) is 6.54 Å². The number of urea groups is 1. The molecule has 1 aliphatic carbocycles. The molecule has 2 atom stereocenters. The highest BCUT2D eigenvalue weighted by atomic mass is 16.5. The number of esters is 1. The summed E-state index contributed by atoms with van der Waals surface area (Å²) in [5.74, 6) is -0.824. The second kappa shape index (κ2) is 9.34. The third-order valence-corrected chi connectivity index (χ3v) is 4.57. The molecule has 0 aliphatic heterocycles. The maximum absolute atomic E-state index is 12.1. The van der Waals surface area contributed by atoms with Gasteiger partial charge in [0.05, 0.1) is 11.7 Å². The highest BCUT2D eigenvalue weighted by molar-refractivity contribution is 5.94. The maximum atomic E-state index is 12.1. The number of amides is 3. The normalized spacial score (nSPS) is 19.4. The van der Waals surface area contributed by atoms with Gasteiger partial charge in [-0.05, 0) is 38.7 Å². The molecule has 0 bridgehead atoms. The molecule has 0 spiro atoms. The highest BCUT2D eigenvalue weighted by Gasteiger charge is 2.23. The number of carbonyl (C=O) groups is 3. The SMILES string of the molecule is CC(C)OC(=O)c1ccn(CC(=O)NC(=O)N[C@H]2CCCC[C@H]2C)c(=O)c1. The fraction of sp³-hybridized carbons (Fsp3) is 0.579. The van der Waals surface area contributed by atoms with E-state index in [1.807, 2.05) is 0 Å². The molecule has 1 aliphatic rings. The van der Waals surface area contributed by atoms with Gasteiger partial charge in [-0.25, -0.2) is 9.59 Å². The number of ether oxygens (including phenoxy) is 1. The lowest BCUT2D eigenvalue weighted by molar-refractivity contribution is -0.120. The van der Waals surface area contributed by atoms with Gasteiger partial charge >= 0.3 is 12.0 Å². The molecular weight excluding hydrogens is 350 g/mol. The number of rotatable bonds is 5. The number of hydrogen-bond acceptors (Lipinski definition) is 5. The average Bonchev–Trinajstić information content (AvgIpc) is 2.58. The van der Waals surface area contributed by atoms with Gasteiger partial charge in [0.25, 0.3) is 5.56 Å². The van der Waals surface area contributed by atoms with Gasteiger partial charge in [-0.2, -0.15) is 0 Å². The van der Waals surface area contributed by atoms with Crippen molar-refractivity contribution in [3.05, 3.63) is 34.2 Å². The van der Waals surface area contributed by atoms with E-state index in [-0.39, 0.29) is 24.3 Å². The van der Waals surface area contributed by atoms with Gasteiger partial charge in [0.2, 0.25) is 5.91 Å². The Kier molecular flexibility index (Phi) is 7.15. The van der Waals surface area contributed by atoms with Gasteiger partial charge < -0.3 is 14.6 Å². The summed E-state index contributed by atoms with van der Waals surface area (Å²) in [7, 11) is 0. The van der Waals surface area contributed by atoms with Crippen molar-refractivity contribution in [2.24, 2.45) is 5.92 Å². The van der Waals surface area contributed by atoms with Crippen LogP contribution >= 0.6 is 0 Å². The van der Waals surface area contributed by atoms with Crippen LogP contribution in [0.1, 0.15) is 56.8 Å². The topological polar surface area (TPSA) is 106 Å². The van der Waals surface area contributed by atoms with Crippen molar-refractivity contribution in [1.29, 1.82) is 0 Å². The molecule has 0 radical (unpaired) electrons. The zero-order chi connectivity index (χ0) is 20.0. The van der Waals surface area contributed by atoms with E-state index < -0.39 is 23.5 Å². The number of nitrogens with zero attached hydrogens (tertiary/aromatic N) is 1. The van der Waals surface area contributed by atoms with Crippen LogP contribution in [0.5, 0.6) is 0 Å². The number of nitrogens with one attached hydrogen (secondary N) is 2. The van der Waals surface area contributed by atoms with Gasteiger partial charge in [-0.1, -0.05) is 19.8 Å². The highest BCUT2D eigenvalue weighted by Crippen LogP contribution is 2.23. The van der Waals surface area contributed by atoms with Crippen LogP contribution in [0.2, 0.25) is 0 Å². The molecule has 27 heavy (non-hydrogen) atoms. The molecule has 8 heteroatoms. The first kappa shape index (κ1) is 20.7. The number of carbonyl (C=O) groups excluding carboxylic acids is 3. The Labute approximate surface area is 158 Å². The molecule has 1 heterocycles. The third-order valence-electron chi connectivity index (χ3n) is 4.57. The summed E-state index contributed by atoms with van der Waals surface area (Å²) >= 11 is 0. The minimum absolute atomic E-state index is 0.0560. The summed E-state index contributed by atoms with van der Waals surface area (Å²) in [5.41, 5.74) is -0.404. The molecular formula is C19H27N3O5. The van der Waals surface area contributed by atoms with Crippen molar-refractivity contribution in [3.8, 4) is 0 Å². The Hall–Kier alpha value is -2.64. The fourth-order valence-corrected chi connectivity index (χ4v) is 3.10. The summed E-state index contributed by atoms with van der Waals surface area (Å²) in [6.45, 7) is 5.19. The molecule has 2 N–H and O–H groups in total. The molecule has 148 valence electrons. The molecule has 0 unspecified atom stereocenters. The van der Waals surface area contributed by atoms with Crippen molar-refractivity contribution in [2.75, 3.05) is 0 Å². The van der Waals surface area contributed by atoms with Gasteiger partial charge in [-0.3, -0.25) is 14.9 Å².